The normalized spacial score (nSPS) is 13.0. The van der Waals surface area contributed by atoms with Gasteiger partial charge in [0.1, 0.15) is 11.8 Å². The lowest BCUT2D eigenvalue weighted by Gasteiger charge is -2.25. The van der Waals surface area contributed by atoms with Crippen LogP contribution in [-0.2, 0) is 4.79 Å². The second-order valence-corrected chi connectivity index (χ2v) is 8.53. The smallest absolute Gasteiger partial charge is 0.256 e. The van der Waals surface area contributed by atoms with E-state index in [1.54, 1.807) is 41.6 Å². The van der Waals surface area contributed by atoms with Crippen LogP contribution in [0.5, 0.6) is 5.75 Å². The van der Waals surface area contributed by atoms with Crippen molar-refractivity contribution in [2.45, 2.75) is 80.7 Å². The Kier molecular flexibility index (Phi) is 17.8. The lowest BCUT2D eigenvalue weighted by Crippen LogP contribution is -2.43. The van der Waals surface area contributed by atoms with Crippen molar-refractivity contribution in [1.82, 2.24) is 19.9 Å². The zero-order chi connectivity index (χ0) is 31.5. The predicted octanol–water partition coefficient (Wildman–Crippen LogP) is 6.99. The standard InChI is InChI=1S/C23H26N6O3.C3H8.2C2H6.C2H4/c1-14-6-8-18(24)21(15(14)2)27-22(30)20-5-4-12-28(20)23(31)17-13-16(32-3)7-9-19(17)29-25-10-11-26-29;1-3-2;3*1-2/h6-11,13,20H,4-5,12,24H2,1-3H3,(H,27,30);3H2,1-2H3;2*1-2H3;1-2H2/t20-;;;;/m0..../s1. The summed E-state index contributed by atoms with van der Waals surface area (Å²) in [5, 5.41) is 11.3. The molecule has 2 amide bonds. The maximum atomic E-state index is 13.6. The van der Waals surface area contributed by atoms with E-state index in [4.69, 9.17) is 10.5 Å². The van der Waals surface area contributed by atoms with Crippen LogP contribution in [0.4, 0.5) is 11.4 Å². The van der Waals surface area contributed by atoms with Crippen LogP contribution in [0.2, 0.25) is 0 Å². The average molecular weight is 567 g/mol. The number of benzene rings is 2. The number of aromatic nitrogens is 3. The fraction of sp³-hybridized carbons (Fsp3) is 0.438. The van der Waals surface area contributed by atoms with Crippen molar-refractivity contribution in [3.8, 4) is 11.4 Å². The van der Waals surface area contributed by atoms with E-state index in [9.17, 15) is 9.59 Å². The summed E-state index contributed by atoms with van der Waals surface area (Å²) in [6.45, 7) is 22.6. The second kappa shape index (κ2) is 19.8. The van der Waals surface area contributed by atoms with E-state index < -0.39 is 6.04 Å². The lowest BCUT2D eigenvalue weighted by molar-refractivity contribution is -0.119. The van der Waals surface area contributed by atoms with Gasteiger partial charge in [0.15, 0.2) is 0 Å². The van der Waals surface area contributed by atoms with Crippen LogP contribution in [0.15, 0.2) is 55.9 Å². The summed E-state index contributed by atoms with van der Waals surface area (Å²) in [7, 11) is 1.54. The first-order chi connectivity index (χ1) is 19.8. The summed E-state index contributed by atoms with van der Waals surface area (Å²) in [5.74, 6) is 0.00769. The van der Waals surface area contributed by atoms with Gasteiger partial charge in [-0.15, -0.1) is 13.2 Å². The Morgan fingerprint density at radius 1 is 1.05 bits per heavy atom. The molecule has 4 rings (SSSR count). The van der Waals surface area contributed by atoms with Crippen molar-refractivity contribution >= 4 is 23.2 Å². The first-order valence-corrected chi connectivity index (χ1v) is 14.3. The van der Waals surface area contributed by atoms with Crippen molar-refractivity contribution in [2.24, 2.45) is 0 Å². The Labute approximate surface area is 246 Å². The molecule has 9 nitrogen and oxygen atoms in total. The van der Waals surface area contributed by atoms with Gasteiger partial charge in [0.25, 0.3) is 5.91 Å². The predicted molar refractivity (Wildman–Crippen MR) is 171 cm³/mol. The number of anilines is 2. The van der Waals surface area contributed by atoms with E-state index in [1.807, 2.05) is 47.6 Å². The third kappa shape index (κ3) is 9.77. The molecule has 0 unspecified atom stereocenters. The Hall–Kier alpha value is -4.14. The molecule has 3 aromatic rings. The van der Waals surface area contributed by atoms with E-state index >= 15 is 0 Å². The fourth-order valence-corrected chi connectivity index (χ4v) is 3.97. The Bertz CT molecular complexity index is 1190. The molecule has 1 fully saturated rings. The molecule has 0 saturated carbocycles. The minimum absolute atomic E-state index is 0.252. The zero-order valence-corrected chi connectivity index (χ0v) is 26.5. The van der Waals surface area contributed by atoms with Gasteiger partial charge in [-0.2, -0.15) is 15.0 Å². The molecule has 2 heterocycles. The highest BCUT2D eigenvalue weighted by molar-refractivity contribution is 6.04. The van der Waals surface area contributed by atoms with Crippen LogP contribution in [0.3, 0.4) is 0 Å². The summed E-state index contributed by atoms with van der Waals surface area (Å²) in [5.41, 5.74) is 10.0. The molecule has 0 spiro atoms. The quantitative estimate of drug-likeness (QED) is 0.254. The van der Waals surface area contributed by atoms with Crippen LogP contribution in [0.1, 0.15) is 82.3 Å². The van der Waals surface area contributed by atoms with Crippen LogP contribution in [0.25, 0.3) is 5.69 Å². The Morgan fingerprint density at radius 3 is 2.20 bits per heavy atom. The molecule has 9 heteroatoms. The molecular weight excluding hydrogens is 516 g/mol. The maximum Gasteiger partial charge on any atom is 0.256 e. The number of nitrogens with two attached hydrogens (primary N) is 1. The highest BCUT2D eigenvalue weighted by atomic mass is 16.5. The number of aryl methyl sites for hydroxylation is 1. The van der Waals surface area contributed by atoms with Crippen molar-refractivity contribution in [2.75, 3.05) is 24.7 Å². The topological polar surface area (TPSA) is 115 Å². The summed E-state index contributed by atoms with van der Waals surface area (Å²) >= 11 is 0. The largest absolute Gasteiger partial charge is 0.497 e. The highest BCUT2D eigenvalue weighted by Crippen LogP contribution is 2.29. The van der Waals surface area contributed by atoms with Crippen LogP contribution >= 0.6 is 0 Å². The van der Waals surface area contributed by atoms with Crippen LogP contribution in [0, 0.1) is 13.8 Å². The van der Waals surface area contributed by atoms with Gasteiger partial charge in [-0.05, 0) is 62.1 Å². The number of nitrogen functional groups attached to an aromatic ring is 1. The minimum atomic E-state index is -0.605. The van der Waals surface area contributed by atoms with Crippen LogP contribution < -0.4 is 15.8 Å². The SMILES string of the molecule is C=C.CC.CC.CCC.COc1ccc(-n2nccn2)c(C(=O)N2CCC[C@H]2C(=O)Nc2c(N)ccc(C)c2C)c1. The molecule has 41 heavy (non-hydrogen) atoms. The molecule has 1 aliphatic heterocycles. The number of likely N-dealkylation sites (tertiary alicyclic amines) is 1. The number of carbonyl (C=O) groups is 2. The van der Waals surface area contributed by atoms with Crippen LogP contribution in [-0.4, -0.2) is 51.4 Å². The number of amides is 2. The van der Waals surface area contributed by atoms with Crippen molar-refractivity contribution < 1.29 is 14.3 Å². The first-order valence-electron chi connectivity index (χ1n) is 14.3. The van der Waals surface area contributed by atoms with Crippen molar-refractivity contribution in [3.05, 3.63) is 72.6 Å². The van der Waals surface area contributed by atoms with Crippen molar-refractivity contribution in [1.29, 1.82) is 0 Å². The molecule has 1 saturated heterocycles. The average Bonchev–Trinajstić information content (AvgIpc) is 3.73. The molecule has 0 bridgehead atoms. The minimum Gasteiger partial charge on any atom is -0.497 e. The second-order valence-electron chi connectivity index (χ2n) is 8.53. The van der Waals surface area contributed by atoms with Crippen molar-refractivity contribution in [3.63, 3.8) is 0 Å². The van der Waals surface area contributed by atoms with Gasteiger partial charge < -0.3 is 20.7 Å². The summed E-state index contributed by atoms with van der Waals surface area (Å²) < 4.78 is 5.32. The molecule has 1 atom stereocenters. The van der Waals surface area contributed by atoms with E-state index in [0.717, 1.165) is 17.5 Å². The summed E-state index contributed by atoms with van der Waals surface area (Å²) in [6, 6.07) is 8.21. The molecule has 2 aromatic carbocycles. The summed E-state index contributed by atoms with van der Waals surface area (Å²) in [4.78, 5) is 29.8. The molecule has 226 valence electrons. The van der Waals surface area contributed by atoms with Gasteiger partial charge in [0.2, 0.25) is 5.91 Å². The highest BCUT2D eigenvalue weighted by Gasteiger charge is 2.36. The van der Waals surface area contributed by atoms with Gasteiger partial charge in [-0.25, -0.2) is 0 Å². The van der Waals surface area contributed by atoms with Gasteiger partial charge >= 0.3 is 0 Å². The van der Waals surface area contributed by atoms with E-state index in [-0.39, 0.29) is 11.8 Å². The van der Waals surface area contributed by atoms with Gasteiger partial charge in [-0.3, -0.25) is 9.59 Å². The number of carbonyl (C=O) groups excluding carboxylic acids is 2. The molecule has 0 radical (unpaired) electrons. The number of nitrogens with one attached hydrogen (secondary N) is 1. The third-order valence-corrected chi connectivity index (χ3v) is 5.90. The van der Waals surface area contributed by atoms with E-state index in [2.05, 4.69) is 42.5 Å². The van der Waals surface area contributed by atoms with Gasteiger partial charge in [0.05, 0.1) is 42.1 Å². The van der Waals surface area contributed by atoms with E-state index in [1.165, 1.54) is 18.3 Å². The summed E-state index contributed by atoms with van der Waals surface area (Å²) in [6.07, 6.45) is 5.63. The number of rotatable bonds is 5. The number of methoxy groups -OCH3 is 1. The fourth-order valence-electron chi connectivity index (χ4n) is 3.97. The van der Waals surface area contributed by atoms with E-state index in [0.29, 0.717) is 41.3 Å². The molecular formula is C32H50N6O3. The first kappa shape index (κ1) is 36.9. The molecule has 1 aromatic heterocycles. The molecule has 1 aliphatic rings. The van der Waals surface area contributed by atoms with Gasteiger partial charge in [-0.1, -0.05) is 54.0 Å². The van der Waals surface area contributed by atoms with Gasteiger partial charge in [0, 0.05) is 6.54 Å². The number of ether oxygens (including phenoxy) is 1. The number of hydrogen-bond donors (Lipinski definition) is 2. The number of nitrogens with zero attached hydrogens (tertiary/aromatic N) is 4. The Balaban J connectivity index is 0.00000161. The molecule has 3 N–H and O–H groups in total. The Morgan fingerprint density at radius 2 is 1.63 bits per heavy atom. The number of hydrogen-bond acceptors (Lipinski definition) is 6. The zero-order valence-electron chi connectivity index (χ0n) is 26.5. The monoisotopic (exact) mass is 566 g/mol. The third-order valence-electron chi connectivity index (χ3n) is 5.90. The molecule has 0 aliphatic carbocycles. The lowest BCUT2D eigenvalue weighted by atomic mass is 10.1. The maximum absolute atomic E-state index is 13.6.